The van der Waals surface area contributed by atoms with Gasteiger partial charge in [0.1, 0.15) is 0 Å². The lowest BCUT2D eigenvalue weighted by Gasteiger charge is -2.08. The van der Waals surface area contributed by atoms with E-state index in [-0.39, 0.29) is 5.69 Å². The molecule has 1 rings (SSSR count). The minimum Gasteiger partial charge on any atom is -0.493 e. The van der Waals surface area contributed by atoms with Gasteiger partial charge in [-0.2, -0.15) is 0 Å². The van der Waals surface area contributed by atoms with Crippen LogP contribution >= 0.6 is 15.9 Å². The molecule has 0 atom stereocenters. The third-order valence-corrected chi connectivity index (χ3v) is 2.23. The molecule has 0 amide bonds. The van der Waals surface area contributed by atoms with Gasteiger partial charge in [-0.25, -0.2) is 9.78 Å². The number of carbonyl (C=O) groups is 1. The van der Waals surface area contributed by atoms with Gasteiger partial charge in [-0.1, -0.05) is 0 Å². The maximum absolute atomic E-state index is 11.3. The van der Waals surface area contributed by atoms with Crippen LogP contribution in [0, 0.1) is 6.92 Å². The zero-order valence-corrected chi connectivity index (χ0v) is 9.71. The summed E-state index contributed by atoms with van der Waals surface area (Å²) in [6.45, 7) is 1.79. The highest BCUT2D eigenvalue weighted by atomic mass is 79.9. The van der Waals surface area contributed by atoms with Gasteiger partial charge in [-0.15, -0.1) is 0 Å². The van der Waals surface area contributed by atoms with Crippen LogP contribution in [0.4, 0.5) is 0 Å². The molecule has 0 unspecified atom stereocenters. The lowest BCUT2D eigenvalue weighted by Crippen LogP contribution is -2.08. The molecule has 0 N–H and O–H groups in total. The van der Waals surface area contributed by atoms with Crippen molar-refractivity contribution >= 4 is 21.9 Å². The highest BCUT2D eigenvalue weighted by molar-refractivity contribution is 9.10. The number of aryl methyl sites for hydroxylation is 1. The van der Waals surface area contributed by atoms with Crippen LogP contribution in [0.3, 0.4) is 0 Å². The first-order valence-electron chi connectivity index (χ1n) is 3.89. The number of nitrogens with zero attached hydrogens (tertiary/aromatic N) is 1. The number of hydrogen-bond acceptors (Lipinski definition) is 4. The van der Waals surface area contributed by atoms with Gasteiger partial charge >= 0.3 is 5.97 Å². The largest absolute Gasteiger partial charge is 0.493 e. The summed E-state index contributed by atoms with van der Waals surface area (Å²) >= 11 is 3.28. The van der Waals surface area contributed by atoms with Crippen molar-refractivity contribution in [3.8, 4) is 5.75 Å². The summed E-state index contributed by atoms with van der Waals surface area (Å²) in [5.41, 5.74) is 0.903. The zero-order chi connectivity index (χ0) is 10.7. The summed E-state index contributed by atoms with van der Waals surface area (Å²) in [4.78, 5) is 15.4. The SMILES string of the molecule is COC(=O)c1nc(C)cc(Br)c1OC. The minimum absolute atomic E-state index is 0.182. The molecule has 5 heteroatoms. The molecule has 0 saturated carbocycles. The Morgan fingerprint density at radius 3 is 2.64 bits per heavy atom. The predicted octanol–water partition coefficient (Wildman–Crippen LogP) is 1.95. The number of hydrogen-bond donors (Lipinski definition) is 0. The molecule has 0 aliphatic heterocycles. The Balaban J connectivity index is 3.32. The van der Waals surface area contributed by atoms with Crippen molar-refractivity contribution in [3.05, 3.63) is 21.9 Å². The summed E-state index contributed by atoms with van der Waals surface area (Å²) in [5.74, 6) is -0.117. The van der Waals surface area contributed by atoms with E-state index in [9.17, 15) is 4.79 Å². The van der Waals surface area contributed by atoms with Crippen molar-refractivity contribution < 1.29 is 14.3 Å². The van der Waals surface area contributed by atoms with E-state index in [1.165, 1.54) is 14.2 Å². The lowest BCUT2D eigenvalue weighted by atomic mass is 10.3. The van der Waals surface area contributed by atoms with Crippen molar-refractivity contribution in [2.75, 3.05) is 14.2 Å². The molecule has 14 heavy (non-hydrogen) atoms. The van der Waals surface area contributed by atoms with Crippen LogP contribution in [0.2, 0.25) is 0 Å². The van der Waals surface area contributed by atoms with Crippen LogP contribution in [0.15, 0.2) is 10.5 Å². The molecular formula is C9H10BrNO3. The number of ether oxygens (including phenoxy) is 2. The molecule has 0 aliphatic carbocycles. The molecule has 0 saturated heterocycles. The quantitative estimate of drug-likeness (QED) is 0.762. The van der Waals surface area contributed by atoms with Gasteiger partial charge in [-0.05, 0) is 28.9 Å². The lowest BCUT2D eigenvalue weighted by molar-refractivity contribution is 0.0589. The summed E-state index contributed by atoms with van der Waals surface area (Å²) in [7, 11) is 2.78. The first-order valence-corrected chi connectivity index (χ1v) is 4.69. The fraction of sp³-hybridized carbons (Fsp3) is 0.333. The Morgan fingerprint density at radius 2 is 2.14 bits per heavy atom. The molecule has 4 nitrogen and oxygen atoms in total. The summed E-state index contributed by atoms with van der Waals surface area (Å²) in [5, 5.41) is 0. The molecule has 1 aromatic rings. The fourth-order valence-electron chi connectivity index (χ4n) is 1.05. The number of aromatic nitrogens is 1. The van der Waals surface area contributed by atoms with E-state index in [2.05, 4.69) is 25.7 Å². The topological polar surface area (TPSA) is 48.4 Å². The maximum Gasteiger partial charge on any atom is 0.360 e. The van der Waals surface area contributed by atoms with Crippen LogP contribution in [-0.4, -0.2) is 25.2 Å². The van der Waals surface area contributed by atoms with Gasteiger partial charge < -0.3 is 9.47 Å². The smallest absolute Gasteiger partial charge is 0.360 e. The van der Waals surface area contributed by atoms with Gasteiger partial charge in [0.15, 0.2) is 11.4 Å². The standard InChI is InChI=1S/C9H10BrNO3/c1-5-4-6(10)8(13-2)7(11-5)9(12)14-3/h4H,1-3H3. The number of methoxy groups -OCH3 is 2. The third-order valence-electron chi connectivity index (χ3n) is 1.64. The Kier molecular flexibility index (Phi) is 3.46. The van der Waals surface area contributed by atoms with E-state index < -0.39 is 5.97 Å². The highest BCUT2D eigenvalue weighted by Gasteiger charge is 2.17. The summed E-state index contributed by atoms with van der Waals surface area (Å²) in [6, 6.07) is 1.77. The van der Waals surface area contributed by atoms with Gasteiger partial charge in [0, 0.05) is 5.69 Å². The van der Waals surface area contributed by atoms with Gasteiger partial charge in [0.25, 0.3) is 0 Å². The van der Waals surface area contributed by atoms with Gasteiger partial charge in [-0.3, -0.25) is 0 Å². The maximum atomic E-state index is 11.3. The van der Waals surface area contributed by atoms with Crippen molar-refractivity contribution in [1.29, 1.82) is 0 Å². The van der Waals surface area contributed by atoms with E-state index in [0.717, 1.165) is 5.69 Å². The molecule has 0 fully saturated rings. The zero-order valence-electron chi connectivity index (χ0n) is 8.13. The second-order valence-electron chi connectivity index (χ2n) is 2.62. The van der Waals surface area contributed by atoms with E-state index in [1.54, 1.807) is 13.0 Å². The Labute approximate surface area is 90.4 Å². The summed E-state index contributed by atoms with van der Waals surface area (Å²) < 4.78 is 10.3. The molecule has 0 bridgehead atoms. The van der Waals surface area contributed by atoms with Crippen molar-refractivity contribution in [3.63, 3.8) is 0 Å². The molecule has 76 valence electrons. The third kappa shape index (κ3) is 2.04. The van der Waals surface area contributed by atoms with Crippen molar-refractivity contribution in [2.45, 2.75) is 6.92 Å². The minimum atomic E-state index is -0.508. The molecule has 1 aromatic heterocycles. The van der Waals surface area contributed by atoms with Crippen LogP contribution in [0.5, 0.6) is 5.75 Å². The first kappa shape index (κ1) is 11.0. The average molecular weight is 260 g/mol. The van der Waals surface area contributed by atoms with E-state index in [1.807, 2.05) is 0 Å². The van der Waals surface area contributed by atoms with E-state index in [4.69, 9.17) is 4.74 Å². The molecular weight excluding hydrogens is 250 g/mol. The van der Waals surface area contributed by atoms with Crippen molar-refractivity contribution in [2.24, 2.45) is 0 Å². The number of carbonyl (C=O) groups excluding carboxylic acids is 1. The van der Waals surface area contributed by atoms with Crippen LogP contribution < -0.4 is 4.74 Å². The molecule has 0 radical (unpaired) electrons. The Morgan fingerprint density at radius 1 is 1.50 bits per heavy atom. The molecule has 0 aromatic carbocycles. The normalized spacial score (nSPS) is 9.71. The second kappa shape index (κ2) is 4.41. The predicted molar refractivity (Wildman–Crippen MR) is 54.6 cm³/mol. The number of pyridine rings is 1. The number of rotatable bonds is 2. The number of esters is 1. The second-order valence-corrected chi connectivity index (χ2v) is 3.47. The van der Waals surface area contributed by atoms with Crippen LogP contribution in [-0.2, 0) is 4.74 Å². The van der Waals surface area contributed by atoms with Gasteiger partial charge in [0.05, 0.1) is 18.7 Å². The molecule has 0 spiro atoms. The van der Waals surface area contributed by atoms with Gasteiger partial charge in [0.2, 0.25) is 0 Å². The average Bonchev–Trinajstić information content (AvgIpc) is 2.15. The Hall–Kier alpha value is -1.10. The van der Waals surface area contributed by atoms with Crippen LogP contribution in [0.25, 0.3) is 0 Å². The molecule has 1 heterocycles. The monoisotopic (exact) mass is 259 g/mol. The van der Waals surface area contributed by atoms with E-state index >= 15 is 0 Å². The molecule has 0 aliphatic rings. The van der Waals surface area contributed by atoms with Crippen molar-refractivity contribution in [1.82, 2.24) is 4.98 Å². The number of halogens is 1. The fourth-order valence-corrected chi connectivity index (χ4v) is 1.73. The van der Waals surface area contributed by atoms with E-state index in [0.29, 0.717) is 10.2 Å². The highest BCUT2D eigenvalue weighted by Crippen LogP contribution is 2.28. The first-order chi connectivity index (χ1) is 6.60. The van der Waals surface area contributed by atoms with Crippen LogP contribution in [0.1, 0.15) is 16.2 Å². The Bertz CT molecular complexity index is 365. The summed E-state index contributed by atoms with van der Waals surface area (Å²) in [6.07, 6.45) is 0.